The van der Waals surface area contributed by atoms with E-state index in [4.69, 9.17) is 10.8 Å². The first-order chi connectivity index (χ1) is 6.16. The van der Waals surface area contributed by atoms with E-state index < -0.39 is 5.82 Å². The van der Waals surface area contributed by atoms with Crippen LogP contribution in [0, 0.1) is 16.6 Å². The van der Waals surface area contributed by atoms with Crippen molar-refractivity contribution in [2.24, 2.45) is 9.98 Å². The molecule has 0 bridgehead atoms. The van der Waals surface area contributed by atoms with Crippen LogP contribution >= 0.6 is 0 Å². The van der Waals surface area contributed by atoms with Gasteiger partial charge in [0.2, 0.25) is 0 Å². The minimum Gasteiger partial charge on any atom is -0.280 e. The number of rotatable bonds is 0. The van der Waals surface area contributed by atoms with Crippen LogP contribution in [0.15, 0.2) is 28.2 Å². The molecule has 5 heteroatoms. The van der Waals surface area contributed by atoms with Crippen molar-refractivity contribution in [1.82, 2.24) is 0 Å². The Labute approximate surface area is 72.5 Å². The summed E-state index contributed by atoms with van der Waals surface area (Å²) in [7, 11) is 0. The number of fused-ring (bicyclic) bond motifs is 1. The predicted molar refractivity (Wildman–Crippen MR) is 44.2 cm³/mol. The first-order valence-corrected chi connectivity index (χ1v) is 3.57. The van der Waals surface area contributed by atoms with E-state index in [1.165, 1.54) is 18.2 Å². The Bertz CT molecular complexity index is 517. The number of nitrogens with zero attached hydrogens (tertiary/aromatic N) is 2. The predicted octanol–water partition coefficient (Wildman–Crippen LogP) is 0.0330. The van der Waals surface area contributed by atoms with Gasteiger partial charge in [-0.3, -0.25) is 10.8 Å². The number of amidine groups is 2. The van der Waals surface area contributed by atoms with E-state index >= 15 is 0 Å². The number of nitrogens with one attached hydrogen (secondary N) is 2. The minimum atomic E-state index is -0.418. The van der Waals surface area contributed by atoms with E-state index in [0.29, 0.717) is 10.7 Å². The zero-order valence-electron chi connectivity index (χ0n) is 6.50. The van der Waals surface area contributed by atoms with Crippen molar-refractivity contribution in [2.45, 2.75) is 0 Å². The van der Waals surface area contributed by atoms with E-state index in [1.807, 2.05) is 0 Å². The van der Waals surface area contributed by atoms with Gasteiger partial charge in [-0.15, -0.1) is 0 Å². The summed E-state index contributed by atoms with van der Waals surface area (Å²) in [5, 5.41) is 15.1. The molecule has 1 aliphatic heterocycles. The fourth-order valence-corrected chi connectivity index (χ4v) is 1.03. The summed E-state index contributed by atoms with van der Waals surface area (Å²) in [6.07, 6.45) is 0. The van der Waals surface area contributed by atoms with Crippen LogP contribution in [0.1, 0.15) is 0 Å². The number of hydrogen-bond donors (Lipinski definition) is 2. The molecule has 13 heavy (non-hydrogen) atoms. The zero-order chi connectivity index (χ0) is 9.42. The Morgan fingerprint density at radius 3 is 2.31 bits per heavy atom. The molecule has 0 radical (unpaired) electrons. The lowest BCUT2D eigenvalue weighted by Gasteiger charge is -2.00. The summed E-state index contributed by atoms with van der Waals surface area (Å²) in [6, 6.07) is 3.88. The van der Waals surface area contributed by atoms with Gasteiger partial charge in [-0.05, 0) is 12.1 Å². The Hall–Kier alpha value is -1.91. The van der Waals surface area contributed by atoms with Crippen molar-refractivity contribution in [3.8, 4) is 0 Å². The second kappa shape index (κ2) is 2.55. The van der Waals surface area contributed by atoms with Crippen molar-refractivity contribution in [1.29, 1.82) is 10.8 Å². The van der Waals surface area contributed by atoms with Crippen LogP contribution in [0.5, 0.6) is 0 Å². The maximum atomic E-state index is 12.7. The summed E-state index contributed by atoms with van der Waals surface area (Å²) < 4.78 is 12.7. The highest BCUT2D eigenvalue weighted by Crippen LogP contribution is 1.90. The molecule has 0 saturated heterocycles. The van der Waals surface area contributed by atoms with E-state index in [9.17, 15) is 4.39 Å². The largest absolute Gasteiger partial charge is 0.280 e. The van der Waals surface area contributed by atoms with E-state index in [1.54, 1.807) is 0 Å². The standard InChI is InChI=1S/C8H5FN4/c9-4-1-2-5-6(3-4)13-8(11)7(10)12-5/h1-3,10-11H. The fourth-order valence-electron chi connectivity index (χ4n) is 1.03. The summed E-state index contributed by atoms with van der Waals surface area (Å²) in [4.78, 5) is 7.48. The highest BCUT2D eigenvalue weighted by Gasteiger charge is 2.07. The van der Waals surface area contributed by atoms with Crippen LogP contribution in [0.4, 0.5) is 4.39 Å². The van der Waals surface area contributed by atoms with Crippen molar-refractivity contribution < 1.29 is 4.39 Å². The SMILES string of the molecule is N=C1N=c2ccc(F)cc2=NC1=N. The molecule has 1 heterocycles. The van der Waals surface area contributed by atoms with Crippen LogP contribution in [0.3, 0.4) is 0 Å². The third-order valence-corrected chi connectivity index (χ3v) is 1.63. The van der Waals surface area contributed by atoms with Crippen LogP contribution in [0.2, 0.25) is 0 Å². The molecule has 4 nitrogen and oxygen atoms in total. The van der Waals surface area contributed by atoms with E-state index in [2.05, 4.69) is 9.98 Å². The Morgan fingerprint density at radius 1 is 1.00 bits per heavy atom. The normalized spacial score (nSPS) is 14.5. The fraction of sp³-hybridized carbons (Fsp3) is 0. The molecule has 1 aromatic carbocycles. The summed E-state index contributed by atoms with van der Waals surface area (Å²) in [5.74, 6) is -0.851. The molecule has 1 aliphatic rings. The second-order valence-electron chi connectivity index (χ2n) is 2.55. The summed E-state index contributed by atoms with van der Waals surface area (Å²) in [6.45, 7) is 0. The molecule has 0 atom stereocenters. The Morgan fingerprint density at radius 2 is 1.62 bits per heavy atom. The Balaban J connectivity index is 2.85. The van der Waals surface area contributed by atoms with E-state index in [-0.39, 0.29) is 11.7 Å². The van der Waals surface area contributed by atoms with Gasteiger partial charge in [0.1, 0.15) is 5.82 Å². The molecule has 1 aromatic rings. The molecule has 0 spiro atoms. The molecule has 0 aromatic heterocycles. The van der Waals surface area contributed by atoms with Crippen LogP contribution < -0.4 is 10.7 Å². The van der Waals surface area contributed by atoms with Gasteiger partial charge >= 0.3 is 0 Å². The molecular weight excluding hydrogens is 171 g/mol. The molecule has 0 aliphatic carbocycles. The molecule has 0 amide bonds. The number of hydrogen-bond acceptors (Lipinski definition) is 2. The lowest BCUT2D eigenvalue weighted by Crippen LogP contribution is -2.34. The summed E-state index contributed by atoms with van der Waals surface area (Å²) in [5.41, 5.74) is 0. The maximum absolute atomic E-state index is 12.7. The van der Waals surface area contributed by atoms with Crippen LogP contribution in [0.25, 0.3) is 0 Å². The second-order valence-corrected chi connectivity index (χ2v) is 2.55. The van der Waals surface area contributed by atoms with Crippen LogP contribution in [-0.4, -0.2) is 11.7 Å². The number of halogens is 1. The average molecular weight is 176 g/mol. The lowest BCUT2D eigenvalue weighted by atomic mass is 10.3. The topological polar surface area (TPSA) is 72.4 Å². The highest BCUT2D eigenvalue weighted by atomic mass is 19.1. The van der Waals surface area contributed by atoms with Gasteiger partial charge in [0.15, 0.2) is 11.7 Å². The summed E-state index contributed by atoms with van der Waals surface area (Å²) >= 11 is 0. The molecule has 2 rings (SSSR count). The highest BCUT2D eigenvalue weighted by molar-refractivity contribution is 6.39. The van der Waals surface area contributed by atoms with Crippen molar-refractivity contribution in [2.75, 3.05) is 0 Å². The smallest absolute Gasteiger partial charge is 0.190 e. The average Bonchev–Trinajstić information content (AvgIpc) is 2.08. The van der Waals surface area contributed by atoms with Crippen molar-refractivity contribution >= 4 is 11.7 Å². The molecule has 64 valence electrons. The lowest BCUT2D eigenvalue weighted by molar-refractivity contribution is 0.625. The molecular formula is C8H5FN4. The van der Waals surface area contributed by atoms with Crippen molar-refractivity contribution in [3.63, 3.8) is 0 Å². The minimum absolute atomic E-state index is 0.195. The van der Waals surface area contributed by atoms with Gasteiger partial charge in [0, 0.05) is 6.07 Å². The van der Waals surface area contributed by atoms with Gasteiger partial charge in [0.05, 0.1) is 10.7 Å². The van der Waals surface area contributed by atoms with Crippen molar-refractivity contribution in [3.05, 3.63) is 34.7 Å². The zero-order valence-corrected chi connectivity index (χ0v) is 6.50. The molecule has 0 fully saturated rings. The number of benzene rings is 1. The van der Waals surface area contributed by atoms with Gasteiger partial charge in [-0.25, -0.2) is 14.4 Å². The quantitative estimate of drug-likeness (QED) is 0.560. The molecule has 0 saturated carbocycles. The van der Waals surface area contributed by atoms with Gasteiger partial charge in [-0.2, -0.15) is 0 Å². The van der Waals surface area contributed by atoms with E-state index in [0.717, 1.165) is 0 Å². The van der Waals surface area contributed by atoms with Crippen LogP contribution in [-0.2, 0) is 0 Å². The monoisotopic (exact) mass is 176 g/mol. The third kappa shape index (κ3) is 1.24. The van der Waals surface area contributed by atoms with Gasteiger partial charge < -0.3 is 0 Å². The first-order valence-electron chi connectivity index (χ1n) is 3.57. The third-order valence-electron chi connectivity index (χ3n) is 1.63. The first kappa shape index (κ1) is 7.72. The maximum Gasteiger partial charge on any atom is 0.190 e. The van der Waals surface area contributed by atoms with Gasteiger partial charge in [-0.1, -0.05) is 0 Å². The molecule has 0 unspecified atom stereocenters. The van der Waals surface area contributed by atoms with Gasteiger partial charge in [0.25, 0.3) is 0 Å². The Kier molecular flexibility index (Phi) is 1.51. The molecule has 2 N–H and O–H groups in total.